The van der Waals surface area contributed by atoms with Crippen molar-refractivity contribution in [2.45, 2.75) is 44.8 Å². The number of aryl methyl sites for hydroxylation is 3. The van der Waals surface area contributed by atoms with Gasteiger partial charge in [0.2, 0.25) is 0 Å². The molecule has 0 saturated carbocycles. The van der Waals surface area contributed by atoms with Gasteiger partial charge in [0.05, 0.1) is 0 Å². The fourth-order valence-electron chi connectivity index (χ4n) is 1.72. The minimum atomic E-state index is 0.626. The quantitative estimate of drug-likeness (QED) is 0.388. The molecule has 2 aromatic heterocycles. The molecule has 0 aliphatic carbocycles. The summed E-state index contributed by atoms with van der Waals surface area (Å²) in [5.74, 6) is 6.75. The molecule has 2 heterocycles. The third-order valence-electron chi connectivity index (χ3n) is 3.15. The standard InChI is InChI=1S/C13H18N6S/c1-6-8(3)15-13(16-9(6)4)20-12-7(2)11(19-14)17-10(5)18-12/h14H2,1-5H3,(H,17,18,19). The van der Waals surface area contributed by atoms with Gasteiger partial charge < -0.3 is 5.43 Å². The first-order valence-corrected chi connectivity index (χ1v) is 7.05. The molecule has 3 N–H and O–H groups in total. The topological polar surface area (TPSA) is 89.6 Å². The Bertz CT molecular complexity index is 633. The first-order valence-electron chi connectivity index (χ1n) is 6.24. The van der Waals surface area contributed by atoms with Crippen LogP contribution in [0.2, 0.25) is 0 Å². The molecule has 0 aliphatic heterocycles. The van der Waals surface area contributed by atoms with Crippen LogP contribution in [-0.2, 0) is 0 Å². The molecule has 0 fully saturated rings. The molecule has 20 heavy (non-hydrogen) atoms. The first kappa shape index (κ1) is 14.7. The minimum Gasteiger partial charge on any atom is -0.308 e. The molecule has 0 aliphatic rings. The van der Waals surface area contributed by atoms with Crippen LogP contribution in [0.3, 0.4) is 0 Å². The molecule has 0 unspecified atom stereocenters. The second-order valence-electron chi connectivity index (χ2n) is 4.60. The maximum atomic E-state index is 5.47. The molecule has 0 saturated heterocycles. The molecule has 0 radical (unpaired) electrons. The summed E-state index contributed by atoms with van der Waals surface area (Å²) < 4.78 is 0. The van der Waals surface area contributed by atoms with E-state index in [0.717, 1.165) is 27.5 Å². The smallest absolute Gasteiger partial charge is 0.194 e. The van der Waals surface area contributed by atoms with Gasteiger partial charge in [0, 0.05) is 17.0 Å². The number of aromatic nitrogens is 4. The SMILES string of the molecule is Cc1nc(NN)c(C)c(Sc2nc(C)c(C)c(C)n2)n1. The third-order valence-corrected chi connectivity index (χ3v) is 4.11. The second kappa shape index (κ2) is 5.72. The number of nitrogen functional groups attached to an aromatic ring is 1. The molecule has 0 aromatic carbocycles. The molecule has 6 nitrogen and oxygen atoms in total. The van der Waals surface area contributed by atoms with Gasteiger partial charge in [-0.25, -0.2) is 25.8 Å². The summed E-state index contributed by atoms with van der Waals surface area (Å²) in [6.07, 6.45) is 0. The van der Waals surface area contributed by atoms with Crippen molar-refractivity contribution in [1.82, 2.24) is 19.9 Å². The Morgan fingerprint density at radius 1 is 0.850 bits per heavy atom. The van der Waals surface area contributed by atoms with Gasteiger partial charge >= 0.3 is 0 Å². The van der Waals surface area contributed by atoms with Crippen LogP contribution >= 0.6 is 11.8 Å². The molecule has 2 rings (SSSR count). The van der Waals surface area contributed by atoms with Crippen molar-refractivity contribution in [3.05, 3.63) is 28.3 Å². The molecule has 0 atom stereocenters. The fourth-order valence-corrected chi connectivity index (χ4v) is 2.68. The average molecular weight is 290 g/mol. The molecule has 2 aromatic rings. The summed E-state index contributed by atoms with van der Waals surface area (Å²) in [7, 11) is 0. The number of nitrogens with two attached hydrogens (primary N) is 1. The molecule has 7 heteroatoms. The maximum absolute atomic E-state index is 5.47. The van der Waals surface area contributed by atoms with Crippen molar-refractivity contribution in [2.75, 3.05) is 5.43 Å². The summed E-state index contributed by atoms with van der Waals surface area (Å²) >= 11 is 1.43. The van der Waals surface area contributed by atoms with Crippen molar-refractivity contribution >= 4 is 17.6 Å². The number of anilines is 1. The number of nitrogens with zero attached hydrogens (tertiary/aromatic N) is 4. The van der Waals surface area contributed by atoms with E-state index in [1.807, 2.05) is 34.6 Å². The van der Waals surface area contributed by atoms with E-state index >= 15 is 0 Å². The Morgan fingerprint density at radius 2 is 1.45 bits per heavy atom. The Kier molecular flexibility index (Phi) is 4.20. The molecule has 106 valence electrons. The van der Waals surface area contributed by atoms with E-state index in [1.165, 1.54) is 11.8 Å². The van der Waals surface area contributed by atoms with Gasteiger partial charge in [0.1, 0.15) is 16.7 Å². The van der Waals surface area contributed by atoms with E-state index in [0.29, 0.717) is 16.8 Å². The second-order valence-corrected chi connectivity index (χ2v) is 5.55. The van der Waals surface area contributed by atoms with Crippen molar-refractivity contribution in [3.8, 4) is 0 Å². The summed E-state index contributed by atoms with van der Waals surface area (Å²) in [5, 5.41) is 1.50. The predicted octanol–water partition coefficient (Wildman–Crippen LogP) is 2.25. The third kappa shape index (κ3) is 2.88. The van der Waals surface area contributed by atoms with Crippen LogP contribution in [0.1, 0.15) is 28.3 Å². The first-order chi connectivity index (χ1) is 9.42. The summed E-state index contributed by atoms with van der Waals surface area (Å²) in [6, 6.07) is 0. The molecule has 0 spiro atoms. The van der Waals surface area contributed by atoms with Gasteiger partial charge in [0.25, 0.3) is 0 Å². The molecular formula is C13H18N6S. The Balaban J connectivity index is 2.42. The van der Waals surface area contributed by atoms with Gasteiger partial charge in [-0.1, -0.05) is 0 Å². The zero-order valence-corrected chi connectivity index (χ0v) is 13.1. The van der Waals surface area contributed by atoms with Crippen molar-refractivity contribution in [1.29, 1.82) is 0 Å². The monoisotopic (exact) mass is 290 g/mol. The highest BCUT2D eigenvalue weighted by atomic mass is 32.2. The van der Waals surface area contributed by atoms with Gasteiger partial charge in [-0.2, -0.15) is 0 Å². The number of rotatable bonds is 3. The summed E-state index contributed by atoms with van der Waals surface area (Å²) in [5.41, 5.74) is 6.57. The zero-order valence-electron chi connectivity index (χ0n) is 12.3. The number of hydrazine groups is 1. The average Bonchev–Trinajstić information content (AvgIpc) is 2.39. The van der Waals surface area contributed by atoms with E-state index in [9.17, 15) is 0 Å². The molecule has 0 amide bonds. The number of hydrogen-bond acceptors (Lipinski definition) is 7. The lowest BCUT2D eigenvalue weighted by Gasteiger charge is -2.10. The van der Waals surface area contributed by atoms with E-state index in [2.05, 4.69) is 25.4 Å². The van der Waals surface area contributed by atoms with Crippen LogP contribution in [0, 0.1) is 34.6 Å². The fraction of sp³-hybridized carbons (Fsp3) is 0.385. The van der Waals surface area contributed by atoms with Crippen LogP contribution in [0.25, 0.3) is 0 Å². The lowest BCUT2D eigenvalue weighted by atomic mass is 10.2. The van der Waals surface area contributed by atoms with Crippen LogP contribution in [0.5, 0.6) is 0 Å². The highest BCUT2D eigenvalue weighted by Crippen LogP contribution is 2.29. The lowest BCUT2D eigenvalue weighted by molar-refractivity contribution is 0.871. The largest absolute Gasteiger partial charge is 0.308 e. The van der Waals surface area contributed by atoms with Gasteiger partial charge in [-0.15, -0.1) is 0 Å². The van der Waals surface area contributed by atoms with Crippen LogP contribution < -0.4 is 11.3 Å². The summed E-state index contributed by atoms with van der Waals surface area (Å²) in [4.78, 5) is 17.7. The normalized spacial score (nSPS) is 10.7. The van der Waals surface area contributed by atoms with E-state index in [-0.39, 0.29) is 0 Å². The van der Waals surface area contributed by atoms with Crippen molar-refractivity contribution in [3.63, 3.8) is 0 Å². The Morgan fingerprint density at radius 3 is 2.00 bits per heavy atom. The lowest BCUT2D eigenvalue weighted by Crippen LogP contribution is -2.12. The van der Waals surface area contributed by atoms with Crippen molar-refractivity contribution in [2.24, 2.45) is 5.84 Å². The van der Waals surface area contributed by atoms with E-state index in [1.54, 1.807) is 0 Å². The van der Waals surface area contributed by atoms with Gasteiger partial charge in [0.15, 0.2) is 5.16 Å². The Hall–Kier alpha value is -1.73. The van der Waals surface area contributed by atoms with E-state index in [4.69, 9.17) is 5.84 Å². The molecule has 0 bridgehead atoms. The highest BCUT2D eigenvalue weighted by molar-refractivity contribution is 7.99. The highest BCUT2D eigenvalue weighted by Gasteiger charge is 2.13. The molecular weight excluding hydrogens is 272 g/mol. The number of hydrogen-bond donors (Lipinski definition) is 2. The van der Waals surface area contributed by atoms with Crippen molar-refractivity contribution < 1.29 is 0 Å². The van der Waals surface area contributed by atoms with Crippen LogP contribution in [0.4, 0.5) is 5.82 Å². The van der Waals surface area contributed by atoms with Gasteiger partial charge in [-0.05, 0) is 51.9 Å². The minimum absolute atomic E-state index is 0.626. The number of nitrogens with one attached hydrogen (secondary N) is 1. The van der Waals surface area contributed by atoms with E-state index < -0.39 is 0 Å². The zero-order chi connectivity index (χ0) is 14.9. The Labute approximate surface area is 122 Å². The maximum Gasteiger partial charge on any atom is 0.194 e. The summed E-state index contributed by atoms with van der Waals surface area (Å²) in [6.45, 7) is 9.75. The van der Waals surface area contributed by atoms with Gasteiger partial charge in [-0.3, -0.25) is 0 Å². The van der Waals surface area contributed by atoms with Crippen LogP contribution in [0.15, 0.2) is 10.2 Å². The predicted molar refractivity (Wildman–Crippen MR) is 79.7 cm³/mol. The van der Waals surface area contributed by atoms with Crippen LogP contribution in [-0.4, -0.2) is 19.9 Å².